The maximum Gasteiger partial charge on any atom is 0.220 e. The van der Waals surface area contributed by atoms with Gasteiger partial charge in [0, 0.05) is 42.9 Å². The number of amides is 1. The van der Waals surface area contributed by atoms with Gasteiger partial charge in [-0.2, -0.15) is 0 Å². The van der Waals surface area contributed by atoms with Crippen molar-refractivity contribution in [3.05, 3.63) is 34.0 Å². The third-order valence-electron chi connectivity index (χ3n) is 6.66. The zero-order chi connectivity index (χ0) is 28.6. The van der Waals surface area contributed by atoms with Crippen LogP contribution in [0.5, 0.6) is 23.0 Å². The fourth-order valence-electron chi connectivity index (χ4n) is 4.55. The Hall–Kier alpha value is -2.76. The normalized spacial score (nSPS) is 13.4. The first kappa shape index (κ1) is 31.8. The second kappa shape index (κ2) is 17.8. The summed E-state index contributed by atoms with van der Waals surface area (Å²) in [6, 6.07) is 6.01. The first-order chi connectivity index (χ1) is 19.5. The molecule has 0 spiro atoms. The molecule has 0 bridgehead atoms. The van der Waals surface area contributed by atoms with Gasteiger partial charge in [0.25, 0.3) is 0 Å². The van der Waals surface area contributed by atoms with Crippen LogP contribution in [0.2, 0.25) is 0 Å². The number of hydrogen-bond donors (Lipinski definition) is 3. The first-order valence-electron chi connectivity index (χ1n) is 14.0. The maximum absolute atomic E-state index is 12.1. The standard InChI is InChI=1S/C29H44N4O5S2/c1-35-25-17-22(18-26(36-2)28(25)37-3)10-13-32-29(39)31-11-7-9-27(34)30-12-8-16-38-23-19-24(40-21-23)20-33-14-5-4-6-15-33/h17-19,21H,4-16,20H2,1-3H3,(H,30,34)(H2,31,32,39). The van der Waals surface area contributed by atoms with E-state index in [2.05, 4.69) is 32.3 Å². The molecule has 9 nitrogen and oxygen atoms in total. The molecule has 1 aromatic carbocycles. The van der Waals surface area contributed by atoms with Gasteiger partial charge in [0.05, 0.1) is 27.9 Å². The molecular weight excluding hydrogens is 548 g/mol. The average Bonchev–Trinajstić information content (AvgIpc) is 3.41. The smallest absolute Gasteiger partial charge is 0.220 e. The molecule has 1 aromatic heterocycles. The van der Waals surface area contributed by atoms with Crippen LogP contribution < -0.4 is 34.9 Å². The summed E-state index contributed by atoms with van der Waals surface area (Å²) in [5.74, 6) is 2.81. The van der Waals surface area contributed by atoms with E-state index in [9.17, 15) is 4.79 Å². The fraction of sp³-hybridized carbons (Fsp3) is 0.586. The van der Waals surface area contributed by atoms with E-state index in [0.717, 1.165) is 30.7 Å². The van der Waals surface area contributed by atoms with E-state index in [-0.39, 0.29) is 5.91 Å². The number of hydrogen-bond acceptors (Lipinski definition) is 8. The summed E-state index contributed by atoms with van der Waals surface area (Å²) in [7, 11) is 4.79. The lowest BCUT2D eigenvalue weighted by Crippen LogP contribution is -2.37. The lowest BCUT2D eigenvalue weighted by Gasteiger charge is -2.25. The van der Waals surface area contributed by atoms with E-state index in [1.165, 1.54) is 37.2 Å². The number of thiocarbonyl (C=S) groups is 1. The summed E-state index contributed by atoms with van der Waals surface area (Å²) < 4.78 is 22.0. The van der Waals surface area contributed by atoms with Gasteiger partial charge in [0.2, 0.25) is 11.7 Å². The highest BCUT2D eigenvalue weighted by Gasteiger charge is 2.14. The molecule has 1 saturated heterocycles. The minimum atomic E-state index is 0.0439. The van der Waals surface area contributed by atoms with Crippen LogP contribution in [0.1, 0.15) is 49.0 Å². The highest BCUT2D eigenvalue weighted by molar-refractivity contribution is 7.80. The van der Waals surface area contributed by atoms with E-state index in [1.54, 1.807) is 32.7 Å². The first-order valence-corrected chi connectivity index (χ1v) is 15.3. The van der Waals surface area contributed by atoms with E-state index in [0.29, 0.717) is 61.4 Å². The van der Waals surface area contributed by atoms with Gasteiger partial charge in [0.15, 0.2) is 16.6 Å². The number of nitrogens with one attached hydrogen (secondary N) is 3. The lowest BCUT2D eigenvalue weighted by molar-refractivity contribution is -0.121. The Morgan fingerprint density at radius 1 is 0.925 bits per heavy atom. The van der Waals surface area contributed by atoms with Crippen molar-refractivity contribution in [3.8, 4) is 23.0 Å². The van der Waals surface area contributed by atoms with Gasteiger partial charge in [-0.15, -0.1) is 11.3 Å². The molecule has 1 amide bonds. The molecule has 1 aliphatic heterocycles. The number of piperidine rings is 1. The molecule has 11 heteroatoms. The van der Waals surface area contributed by atoms with Crippen LogP contribution in [-0.2, 0) is 17.8 Å². The van der Waals surface area contributed by atoms with Crippen molar-refractivity contribution >= 4 is 34.6 Å². The molecule has 3 rings (SSSR count). The van der Waals surface area contributed by atoms with E-state index < -0.39 is 0 Å². The van der Waals surface area contributed by atoms with Crippen molar-refractivity contribution in [2.45, 2.75) is 51.5 Å². The van der Waals surface area contributed by atoms with Crippen molar-refractivity contribution in [1.29, 1.82) is 0 Å². The van der Waals surface area contributed by atoms with Crippen molar-refractivity contribution < 1.29 is 23.7 Å². The number of methoxy groups -OCH3 is 3. The number of rotatable bonds is 17. The molecular formula is C29H44N4O5S2. The van der Waals surface area contributed by atoms with Gasteiger partial charge in [0.1, 0.15) is 5.75 Å². The second-order valence-electron chi connectivity index (χ2n) is 9.71. The van der Waals surface area contributed by atoms with Crippen LogP contribution in [0.25, 0.3) is 0 Å². The summed E-state index contributed by atoms with van der Waals surface area (Å²) in [5.41, 5.74) is 1.04. The molecule has 1 aliphatic rings. The largest absolute Gasteiger partial charge is 0.493 e. The predicted octanol–water partition coefficient (Wildman–Crippen LogP) is 4.13. The SMILES string of the molecule is COc1cc(CCNC(=S)NCCCC(=O)NCCCOc2csc(CN3CCCCC3)c2)cc(OC)c1OC. The molecule has 2 aromatic rings. The Balaban J connectivity index is 1.19. The molecule has 0 saturated carbocycles. The number of benzene rings is 1. The summed E-state index contributed by atoms with van der Waals surface area (Å²) in [4.78, 5) is 16.0. The topological polar surface area (TPSA) is 93.3 Å². The Morgan fingerprint density at radius 3 is 2.33 bits per heavy atom. The Morgan fingerprint density at radius 2 is 1.62 bits per heavy atom. The molecule has 0 atom stereocenters. The van der Waals surface area contributed by atoms with Gasteiger partial charge in [-0.3, -0.25) is 9.69 Å². The fourth-order valence-corrected chi connectivity index (χ4v) is 5.60. The highest BCUT2D eigenvalue weighted by Crippen LogP contribution is 2.38. The number of likely N-dealkylation sites (tertiary alicyclic amines) is 1. The monoisotopic (exact) mass is 592 g/mol. The van der Waals surface area contributed by atoms with Gasteiger partial charge < -0.3 is 34.9 Å². The summed E-state index contributed by atoms with van der Waals surface area (Å²) in [6.07, 6.45) is 6.63. The lowest BCUT2D eigenvalue weighted by atomic mass is 10.1. The van der Waals surface area contributed by atoms with Crippen molar-refractivity contribution in [2.75, 3.05) is 60.7 Å². The van der Waals surface area contributed by atoms with Crippen LogP contribution in [0, 0.1) is 0 Å². The molecule has 0 aliphatic carbocycles. The number of thiophene rings is 1. The zero-order valence-corrected chi connectivity index (χ0v) is 25.6. The third kappa shape index (κ3) is 11.0. The molecule has 2 heterocycles. The van der Waals surface area contributed by atoms with Gasteiger partial charge in [-0.25, -0.2) is 0 Å². The minimum absolute atomic E-state index is 0.0439. The Bertz CT molecular complexity index is 1030. The zero-order valence-electron chi connectivity index (χ0n) is 24.0. The molecule has 40 heavy (non-hydrogen) atoms. The summed E-state index contributed by atoms with van der Waals surface area (Å²) in [5, 5.41) is 12.0. The Labute approximate surface area is 247 Å². The van der Waals surface area contributed by atoms with Crippen LogP contribution >= 0.6 is 23.6 Å². The number of carbonyl (C=O) groups is 1. The third-order valence-corrected chi connectivity index (χ3v) is 7.85. The van der Waals surface area contributed by atoms with Gasteiger partial charge >= 0.3 is 0 Å². The van der Waals surface area contributed by atoms with Gasteiger partial charge in [-0.05, 0) is 81.2 Å². The molecule has 0 radical (unpaired) electrons. The molecule has 0 unspecified atom stereocenters. The molecule has 3 N–H and O–H groups in total. The number of nitrogens with zero attached hydrogens (tertiary/aromatic N) is 1. The maximum atomic E-state index is 12.1. The second-order valence-corrected chi connectivity index (χ2v) is 11.1. The Kier molecular flexibility index (Phi) is 14.2. The van der Waals surface area contributed by atoms with E-state index in [1.807, 2.05) is 12.1 Å². The number of carbonyl (C=O) groups excluding carboxylic acids is 1. The van der Waals surface area contributed by atoms with E-state index in [4.69, 9.17) is 31.2 Å². The summed E-state index contributed by atoms with van der Waals surface area (Å²) >= 11 is 7.12. The molecule has 222 valence electrons. The van der Waals surface area contributed by atoms with Crippen molar-refractivity contribution in [1.82, 2.24) is 20.9 Å². The average molecular weight is 593 g/mol. The van der Waals surface area contributed by atoms with Crippen LogP contribution in [0.3, 0.4) is 0 Å². The van der Waals surface area contributed by atoms with Crippen molar-refractivity contribution in [2.24, 2.45) is 0 Å². The van der Waals surface area contributed by atoms with Crippen LogP contribution in [-0.4, -0.2) is 76.6 Å². The number of ether oxygens (including phenoxy) is 4. The predicted molar refractivity (Wildman–Crippen MR) is 164 cm³/mol. The summed E-state index contributed by atoms with van der Waals surface area (Å²) in [6.45, 7) is 5.91. The van der Waals surface area contributed by atoms with Crippen LogP contribution in [0.15, 0.2) is 23.6 Å². The van der Waals surface area contributed by atoms with Crippen LogP contribution in [0.4, 0.5) is 0 Å². The molecule has 1 fully saturated rings. The van der Waals surface area contributed by atoms with Crippen molar-refractivity contribution in [3.63, 3.8) is 0 Å². The highest BCUT2D eigenvalue weighted by atomic mass is 32.1. The quantitative estimate of drug-likeness (QED) is 0.185. The van der Waals surface area contributed by atoms with Gasteiger partial charge in [-0.1, -0.05) is 6.42 Å². The van der Waals surface area contributed by atoms with E-state index >= 15 is 0 Å². The minimum Gasteiger partial charge on any atom is -0.493 e.